The van der Waals surface area contributed by atoms with Crippen LogP contribution in [0.2, 0.25) is 10.0 Å². The minimum atomic E-state index is 0.314. The van der Waals surface area contributed by atoms with Gasteiger partial charge in [-0.05, 0) is 54.4 Å². The van der Waals surface area contributed by atoms with Gasteiger partial charge in [0.05, 0.1) is 21.3 Å². The Morgan fingerprint density at radius 2 is 1.77 bits per heavy atom. The number of rotatable bonds is 6. The molecule has 4 aromatic rings. The van der Waals surface area contributed by atoms with Gasteiger partial charge >= 0.3 is 0 Å². The van der Waals surface area contributed by atoms with Gasteiger partial charge in [-0.15, -0.1) is 0 Å². The summed E-state index contributed by atoms with van der Waals surface area (Å²) in [7, 11) is 0. The third-order valence-electron chi connectivity index (χ3n) is 4.52. The zero-order valence-electron chi connectivity index (χ0n) is 16.1. The number of halogens is 2. The Labute approximate surface area is 184 Å². The third-order valence-corrected chi connectivity index (χ3v) is 5.26. The molecule has 1 N–H and O–H groups in total. The normalized spacial score (nSPS) is 11.5. The van der Waals surface area contributed by atoms with Gasteiger partial charge in [-0.2, -0.15) is 0 Å². The molecule has 0 bridgehead atoms. The van der Waals surface area contributed by atoms with Gasteiger partial charge in [0.25, 0.3) is 0 Å². The van der Waals surface area contributed by atoms with Gasteiger partial charge in [-0.25, -0.2) is 9.97 Å². The summed E-state index contributed by atoms with van der Waals surface area (Å²) in [5, 5.41) is 9.52. The molecule has 0 spiro atoms. The number of benzene rings is 3. The predicted octanol–water partition coefficient (Wildman–Crippen LogP) is 6.62. The molecule has 1 aromatic heterocycles. The van der Waals surface area contributed by atoms with Gasteiger partial charge in [0.15, 0.2) is 0 Å². The van der Waals surface area contributed by atoms with Crippen molar-refractivity contribution in [2.45, 2.75) is 13.5 Å². The SMILES string of the molecule is C/C(=N/OCc1ccc(Cl)c(Cl)c1)c1ccc(Nc2ncnc3ccccc23)cc1. The Morgan fingerprint density at radius 1 is 0.967 bits per heavy atom. The molecule has 0 saturated heterocycles. The first-order valence-corrected chi connectivity index (χ1v) is 10.0. The molecule has 1 heterocycles. The average Bonchev–Trinajstić information content (AvgIpc) is 2.77. The molecule has 3 aromatic carbocycles. The fourth-order valence-corrected chi connectivity index (χ4v) is 3.24. The number of hydrogen-bond acceptors (Lipinski definition) is 5. The number of nitrogens with zero attached hydrogens (tertiary/aromatic N) is 3. The molecule has 0 aliphatic carbocycles. The number of anilines is 2. The van der Waals surface area contributed by atoms with Crippen molar-refractivity contribution in [3.8, 4) is 0 Å². The maximum absolute atomic E-state index is 6.02. The fourth-order valence-electron chi connectivity index (χ4n) is 2.92. The summed E-state index contributed by atoms with van der Waals surface area (Å²) in [5.74, 6) is 0.767. The Bertz CT molecular complexity index is 1200. The number of oxime groups is 1. The van der Waals surface area contributed by atoms with E-state index in [2.05, 4.69) is 20.4 Å². The molecule has 0 saturated carbocycles. The number of aromatic nitrogens is 2. The minimum Gasteiger partial charge on any atom is -0.391 e. The number of nitrogens with one attached hydrogen (secondary N) is 1. The Balaban J connectivity index is 1.42. The van der Waals surface area contributed by atoms with Crippen LogP contribution in [0.5, 0.6) is 0 Å². The summed E-state index contributed by atoms with van der Waals surface area (Å²) in [4.78, 5) is 14.1. The van der Waals surface area contributed by atoms with Crippen molar-refractivity contribution in [2.24, 2.45) is 5.16 Å². The van der Waals surface area contributed by atoms with Gasteiger partial charge in [0.1, 0.15) is 18.8 Å². The number of hydrogen-bond donors (Lipinski definition) is 1. The van der Waals surface area contributed by atoms with E-state index in [1.54, 1.807) is 18.5 Å². The van der Waals surface area contributed by atoms with E-state index in [1.165, 1.54) is 0 Å². The summed E-state index contributed by atoms with van der Waals surface area (Å²) in [6.07, 6.45) is 1.56. The van der Waals surface area contributed by atoms with Crippen molar-refractivity contribution >= 4 is 51.3 Å². The number of para-hydroxylation sites is 1. The van der Waals surface area contributed by atoms with Crippen LogP contribution in [0.3, 0.4) is 0 Å². The van der Waals surface area contributed by atoms with E-state index in [-0.39, 0.29) is 0 Å². The van der Waals surface area contributed by atoms with Crippen molar-refractivity contribution in [1.29, 1.82) is 0 Å². The Morgan fingerprint density at radius 3 is 2.57 bits per heavy atom. The molecule has 0 atom stereocenters. The van der Waals surface area contributed by atoms with Crippen molar-refractivity contribution in [2.75, 3.05) is 5.32 Å². The summed E-state index contributed by atoms with van der Waals surface area (Å²) in [6, 6.07) is 21.2. The molecule has 0 fully saturated rings. The molecule has 7 heteroatoms. The molecule has 5 nitrogen and oxygen atoms in total. The van der Waals surface area contributed by atoms with E-state index in [0.29, 0.717) is 16.7 Å². The molecule has 0 aliphatic heterocycles. The molecule has 150 valence electrons. The van der Waals surface area contributed by atoms with Crippen LogP contribution in [-0.4, -0.2) is 15.7 Å². The second kappa shape index (κ2) is 9.11. The van der Waals surface area contributed by atoms with Gasteiger partial charge in [0, 0.05) is 11.1 Å². The molecule has 4 rings (SSSR count). The van der Waals surface area contributed by atoms with E-state index < -0.39 is 0 Å². The lowest BCUT2D eigenvalue weighted by Gasteiger charge is -2.09. The maximum atomic E-state index is 6.02. The van der Waals surface area contributed by atoms with Crippen LogP contribution in [-0.2, 0) is 11.4 Å². The van der Waals surface area contributed by atoms with E-state index in [4.69, 9.17) is 28.0 Å². The largest absolute Gasteiger partial charge is 0.391 e. The highest BCUT2D eigenvalue weighted by Crippen LogP contribution is 2.24. The standard InChI is InChI=1S/C23H18Cl2N4O/c1-15(29-30-13-16-6-11-20(24)21(25)12-16)17-7-9-18(10-8-17)28-23-19-4-2-3-5-22(19)26-14-27-23/h2-12,14H,13H2,1H3,(H,26,27,28)/b29-15-. The lowest BCUT2D eigenvalue weighted by atomic mass is 10.1. The first-order chi connectivity index (χ1) is 14.6. The van der Waals surface area contributed by atoms with Crippen LogP contribution in [0.15, 0.2) is 78.2 Å². The van der Waals surface area contributed by atoms with E-state index in [0.717, 1.165) is 39.2 Å². The average molecular weight is 437 g/mol. The number of fused-ring (bicyclic) bond motifs is 1. The highest BCUT2D eigenvalue weighted by Gasteiger charge is 2.05. The topological polar surface area (TPSA) is 59.4 Å². The zero-order chi connectivity index (χ0) is 20.9. The van der Waals surface area contributed by atoms with E-state index >= 15 is 0 Å². The first-order valence-electron chi connectivity index (χ1n) is 9.28. The van der Waals surface area contributed by atoms with Crippen LogP contribution in [0.4, 0.5) is 11.5 Å². The summed E-state index contributed by atoms with van der Waals surface area (Å²) < 4.78 is 0. The summed E-state index contributed by atoms with van der Waals surface area (Å²) >= 11 is 11.9. The third kappa shape index (κ3) is 4.70. The Hall–Kier alpha value is -3.15. The highest BCUT2D eigenvalue weighted by atomic mass is 35.5. The van der Waals surface area contributed by atoms with E-state index in [1.807, 2.05) is 61.5 Å². The lowest BCUT2D eigenvalue weighted by Crippen LogP contribution is -1.99. The van der Waals surface area contributed by atoms with Crippen molar-refractivity contribution in [3.05, 3.63) is 94.2 Å². The molecule has 0 aliphatic rings. The quantitative estimate of drug-likeness (QED) is 0.272. The minimum absolute atomic E-state index is 0.314. The molecular formula is C23H18Cl2N4O. The van der Waals surface area contributed by atoms with Crippen LogP contribution >= 0.6 is 23.2 Å². The van der Waals surface area contributed by atoms with Crippen LogP contribution in [0.25, 0.3) is 10.9 Å². The monoisotopic (exact) mass is 436 g/mol. The van der Waals surface area contributed by atoms with Gasteiger partial charge in [-0.1, -0.05) is 58.7 Å². The molecule has 30 heavy (non-hydrogen) atoms. The van der Waals surface area contributed by atoms with Crippen molar-refractivity contribution < 1.29 is 4.84 Å². The lowest BCUT2D eigenvalue weighted by molar-refractivity contribution is 0.130. The van der Waals surface area contributed by atoms with E-state index in [9.17, 15) is 0 Å². The Kier molecular flexibility index (Phi) is 6.12. The first kappa shape index (κ1) is 20.1. The van der Waals surface area contributed by atoms with Crippen molar-refractivity contribution in [1.82, 2.24) is 9.97 Å². The summed E-state index contributed by atoms with van der Waals surface area (Å²) in [6.45, 7) is 2.21. The highest BCUT2D eigenvalue weighted by molar-refractivity contribution is 6.42. The van der Waals surface area contributed by atoms with Crippen LogP contribution in [0, 0.1) is 0 Å². The second-order valence-electron chi connectivity index (χ2n) is 6.64. The van der Waals surface area contributed by atoms with Crippen LogP contribution in [0.1, 0.15) is 18.1 Å². The zero-order valence-corrected chi connectivity index (χ0v) is 17.7. The second-order valence-corrected chi connectivity index (χ2v) is 7.45. The van der Waals surface area contributed by atoms with Crippen LogP contribution < -0.4 is 5.32 Å². The molecular weight excluding hydrogens is 419 g/mol. The molecule has 0 amide bonds. The van der Waals surface area contributed by atoms with Gasteiger partial charge in [-0.3, -0.25) is 0 Å². The smallest absolute Gasteiger partial charge is 0.142 e. The maximum Gasteiger partial charge on any atom is 0.142 e. The molecule has 0 radical (unpaired) electrons. The van der Waals surface area contributed by atoms with Gasteiger partial charge in [0.2, 0.25) is 0 Å². The molecule has 0 unspecified atom stereocenters. The summed E-state index contributed by atoms with van der Waals surface area (Å²) in [5.41, 5.74) is 4.45. The van der Waals surface area contributed by atoms with Crippen molar-refractivity contribution in [3.63, 3.8) is 0 Å². The predicted molar refractivity (Wildman–Crippen MR) is 123 cm³/mol. The fraction of sp³-hybridized carbons (Fsp3) is 0.0870. The van der Waals surface area contributed by atoms with Gasteiger partial charge < -0.3 is 10.2 Å².